The Morgan fingerprint density at radius 2 is 1.90 bits per heavy atom. The van der Waals surface area contributed by atoms with E-state index in [1.807, 2.05) is 36.9 Å². The van der Waals surface area contributed by atoms with Crippen molar-refractivity contribution in [1.82, 2.24) is 19.6 Å². The molecule has 1 amide bonds. The first-order valence-electron chi connectivity index (χ1n) is 12.8. The highest BCUT2D eigenvalue weighted by atomic mass is 35.5. The van der Waals surface area contributed by atoms with Gasteiger partial charge < -0.3 is 14.0 Å². The van der Waals surface area contributed by atoms with Gasteiger partial charge in [-0.25, -0.2) is 13.4 Å². The molecule has 2 aromatic heterocycles. The number of aromatic nitrogens is 3. The summed E-state index contributed by atoms with van der Waals surface area (Å²) in [6, 6.07) is 11.0. The monoisotopic (exact) mass is 587 g/mol. The fourth-order valence-corrected chi connectivity index (χ4v) is 6.86. The average molecular weight is 589 g/mol. The summed E-state index contributed by atoms with van der Waals surface area (Å²) in [6.45, 7) is 5.05. The molecule has 0 unspecified atom stereocenters. The van der Waals surface area contributed by atoms with Crippen LogP contribution in [0.5, 0.6) is 0 Å². The van der Waals surface area contributed by atoms with Crippen molar-refractivity contribution in [2.24, 2.45) is 0 Å². The van der Waals surface area contributed by atoms with Crippen LogP contribution >= 0.6 is 23.2 Å². The summed E-state index contributed by atoms with van der Waals surface area (Å²) in [5, 5.41) is 4.90. The van der Waals surface area contributed by atoms with Crippen molar-refractivity contribution in [2.45, 2.75) is 45.2 Å². The Morgan fingerprint density at radius 1 is 1.08 bits per heavy atom. The minimum absolute atomic E-state index is 0.00944. The Labute approximate surface area is 237 Å². The largest absolute Gasteiger partial charge is 0.361 e. The summed E-state index contributed by atoms with van der Waals surface area (Å²) < 4.78 is 30.5. The number of anilines is 1. The zero-order chi connectivity index (χ0) is 27.4. The second-order valence-corrected chi connectivity index (χ2v) is 11.9. The number of halogens is 2. The third-order valence-electron chi connectivity index (χ3n) is 7.66. The van der Waals surface area contributed by atoms with Crippen molar-refractivity contribution < 1.29 is 17.7 Å². The molecule has 2 atom stereocenters. The van der Waals surface area contributed by atoms with E-state index >= 15 is 0 Å². The van der Waals surface area contributed by atoms with Gasteiger partial charge >= 0.3 is 0 Å². The Balaban J connectivity index is 1.49. The van der Waals surface area contributed by atoms with Crippen LogP contribution in [0.4, 0.5) is 5.69 Å². The molecule has 2 aromatic carbocycles. The summed E-state index contributed by atoms with van der Waals surface area (Å²) in [4.78, 5) is 22.0. The van der Waals surface area contributed by atoms with E-state index in [9.17, 15) is 13.2 Å². The van der Waals surface area contributed by atoms with E-state index in [1.165, 1.54) is 0 Å². The number of benzene rings is 2. The number of hydrogen-bond acceptors (Lipinski definition) is 7. The van der Waals surface area contributed by atoms with E-state index in [0.29, 0.717) is 41.7 Å². The second-order valence-electron chi connectivity index (χ2n) is 10.2. The van der Waals surface area contributed by atoms with Gasteiger partial charge in [-0.15, -0.1) is 0 Å². The zero-order valence-electron chi connectivity index (χ0n) is 21.4. The molecule has 39 heavy (non-hydrogen) atoms. The maximum Gasteiger partial charge on any atom is 0.227 e. The van der Waals surface area contributed by atoms with E-state index in [0.717, 1.165) is 45.9 Å². The lowest BCUT2D eigenvalue weighted by Gasteiger charge is -2.27. The van der Waals surface area contributed by atoms with Gasteiger partial charge in [0, 0.05) is 36.8 Å². The molecule has 0 aliphatic carbocycles. The fourth-order valence-electron chi connectivity index (χ4n) is 5.99. The first-order chi connectivity index (χ1) is 18.7. The highest BCUT2D eigenvalue weighted by Crippen LogP contribution is 2.42. The molecule has 4 heterocycles. The number of nitrogens with zero attached hydrogens (tertiary/aromatic N) is 5. The highest BCUT2D eigenvalue weighted by Gasteiger charge is 2.39. The van der Waals surface area contributed by atoms with Crippen molar-refractivity contribution in [3.8, 4) is 11.1 Å². The molecule has 0 bridgehead atoms. The van der Waals surface area contributed by atoms with Crippen LogP contribution in [0, 0.1) is 13.8 Å². The van der Waals surface area contributed by atoms with Gasteiger partial charge in [-0.1, -0.05) is 34.4 Å². The number of fused-ring (bicyclic) bond motifs is 1. The topological polar surface area (TPSA) is 102 Å². The number of amides is 1. The van der Waals surface area contributed by atoms with E-state index < -0.39 is 10.7 Å². The molecule has 0 spiro atoms. The second kappa shape index (κ2) is 10.2. The highest BCUT2D eigenvalue weighted by molar-refractivity contribution is 7.72. The lowest BCUT2D eigenvalue weighted by Crippen LogP contribution is -2.30. The maximum atomic E-state index is 13.2. The quantitative estimate of drug-likeness (QED) is 0.305. The van der Waals surface area contributed by atoms with Gasteiger partial charge in [0.1, 0.15) is 11.6 Å². The Morgan fingerprint density at radius 3 is 2.62 bits per heavy atom. The smallest absolute Gasteiger partial charge is 0.227 e. The molecule has 2 aliphatic rings. The molecular formula is C27H27Cl2N5O4S. The molecule has 0 saturated carbocycles. The van der Waals surface area contributed by atoms with Crippen LogP contribution in [-0.2, 0) is 15.5 Å². The van der Waals surface area contributed by atoms with Crippen LogP contribution in [0.2, 0.25) is 10.0 Å². The summed E-state index contributed by atoms with van der Waals surface area (Å²) in [7, 11) is -2.51. The van der Waals surface area contributed by atoms with Crippen LogP contribution < -0.4 is 4.90 Å². The van der Waals surface area contributed by atoms with Crippen molar-refractivity contribution in [3.05, 3.63) is 63.7 Å². The molecular weight excluding hydrogens is 561 g/mol. The minimum Gasteiger partial charge on any atom is -0.361 e. The van der Waals surface area contributed by atoms with Crippen molar-refractivity contribution in [2.75, 3.05) is 23.9 Å². The van der Waals surface area contributed by atoms with E-state index in [1.54, 1.807) is 23.1 Å². The van der Waals surface area contributed by atoms with E-state index in [-0.39, 0.29) is 23.9 Å². The van der Waals surface area contributed by atoms with Crippen molar-refractivity contribution >= 4 is 56.5 Å². The summed E-state index contributed by atoms with van der Waals surface area (Å²) >= 11 is 12.5. The van der Waals surface area contributed by atoms with Crippen LogP contribution in [-0.4, -0.2) is 52.9 Å². The van der Waals surface area contributed by atoms with Crippen LogP contribution in [0.1, 0.15) is 48.6 Å². The Kier molecular flexibility index (Phi) is 6.91. The maximum absolute atomic E-state index is 13.2. The third-order valence-corrected chi connectivity index (χ3v) is 9.03. The standard InChI is InChI=1S/C27H27Cl2N5O4S/c1-15-26(16(2)38-31-15)17-3-6-23-22(11-17)30-27(34(23)19-9-10-32(13-19)14-39(36)37)24-7-8-25(35)33(24)18-4-5-20(28)21(29)12-18/h3-6,11-12,19,24,39H,7-10,13-14H2,1-2H3/t19-,24+/m1/s1. The Bertz CT molecular complexity index is 1650. The zero-order valence-corrected chi connectivity index (χ0v) is 23.8. The third kappa shape index (κ3) is 4.73. The molecule has 6 rings (SSSR count). The predicted octanol–water partition coefficient (Wildman–Crippen LogP) is 5.30. The minimum atomic E-state index is -2.51. The molecule has 2 aliphatic heterocycles. The van der Waals surface area contributed by atoms with Crippen molar-refractivity contribution in [1.29, 1.82) is 0 Å². The number of likely N-dealkylation sites (tertiary alicyclic amines) is 1. The predicted molar refractivity (Wildman–Crippen MR) is 151 cm³/mol. The van der Waals surface area contributed by atoms with Crippen LogP contribution in [0.15, 0.2) is 40.9 Å². The fraction of sp³-hybridized carbons (Fsp3) is 0.370. The van der Waals surface area contributed by atoms with Gasteiger partial charge in [0.25, 0.3) is 0 Å². The summed E-state index contributed by atoms with van der Waals surface area (Å²) in [5.41, 5.74) is 5.10. The van der Waals surface area contributed by atoms with E-state index in [4.69, 9.17) is 32.7 Å². The SMILES string of the molecule is Cc1noc(C)c1-c1ccc2c(c1)nc([C@@H]1CCC(=O)N1c1ccc(Cl)c(Cl)c1)n2[C@@H]1CCN(C[SH](=O)=O)C1. The molecule has 204 valence electrons. The van der Waals surface area contributed by atoms with Gasteiger partial charge in [0.05, 0.1) is 38.7 Å². The molecule has 0 N–H and O–H groups in total. The summed E-state index contributed by atoms with van der Waals surface area (Å²) in [5.74, 6) is 1.53. The number of imidazole rings is 1. The summed E-state index contributed by atoms with van der Waals surface area (Å²) in [6.07, 6.45) is 1.76. The molecule has 2 saturated heterocycles. The van der Waals surface area contributed by atoms with Gasteiger partial charge in [-0.3, -0.25) is 9.69 Å². The lowest BCUT2D eigenvalue weighted by molar-refractivity contribution is -0.117. The van der Waals surface area contributed by atoms with Gasteiger partial charge in [-0.05, 0) is 62.6 Å². The molecule has 4 aromatic rings. The number of carbonyl (C=O) groups is 1. The number of thiol groups is 1. The van der Waals surface area contributed by atoms with Gasteiger partial charge in [-0.2, -0.15) is 0 Å². The van der Waals surface area contributed by atoms with Crippen molar-refractivity contribution in [3.63, 3.8) is 0 Å². The normalized spacial score (nSPS) is 20.2. The van der Waals surface area contributed by atoms with E-state index in [2.05, 4.69) is 9.72 Å². The molecule has 12 heteroatoms. The van der Waals surface area contributed by atoms with Gasteiger partial charge in [0.2, 0.25) is 5.91 Å². The number of aryl methyl sites for hydroxylation is 2. The van der Waals surface area contributed by atoms with Crippen LogP contribution in [0.25, 0.3) is 22.2 Å². The van der Waals surface area contributed by atoms with Gasteiger partial charge in [0.15, 0.2) is 10.7 Å². The van der Waals surface area contributed by atoms with Crippen LogP contribution in [0.3, 0.4) is 0 Å². The number of hydrogen-bond donors (Lipinski definition) is 1. The molecule has 0 radical (unpaired) electrons. The molecule has 9 nitrogen and oxygen atoms in total. The first-order valence-corrected chi connectivity index (χ1v) is 14.9. The number of rotatable bonds is 6. The average Bonchev–Trinajstić information content (AvgIpc) is 3.66. The number of carbonyl (C=O) groups excluding carboxylic acids is 1. The Hall–Kier alpha value is -2.92. The molecule has 2 fully saturated rings. The first kappa shape index (κ1) is 26.3. The lowest BCUT2D eigenvalue weighted by atomic mass is 10.0.